The number of hydrogen-bond acceptors (Lipinski definition) is 3. The molecule has 0 atom stereocenters. The van der Waals surface area contributed by atoms with E-state index >= 15 is 0 Å². The van der Waals surface area contributed by atoms with Crippen LogP contribution >= 0.6 is 0 Å². The van der Waals surface area contributed by atoms with Crippen LogP contribution in [-0.2, 0) is 0 Å². The van der Waals surface area contributed by atoms with Crippen molar-refractivity contribution in [1.29, 1.82) is 0 Å². The van der Waals surface area contributed by atoms with E-state index in [1.807, 2.05) is 6.07 Å². The molecule has 2 aromatic rings. The van der Waals surface area contributed by atoms with Crippen LogP contribution in [0.3, 0.4) is 0 Å². The molecule has 0 bridgehead atoms. The van der Waals surface area contributed by atoms with Crippen molar-refractivity contribution in [3.63, 3.8) is 0 Å². The Morgan fingerprint density at radius 1 is 1.05 bits per heavy atom. The molecule has 20 heavy (non-hydrogen) atoms. The first kappa shape index (κ1) is 13.6. The second-order valence-electron chi connectivity index (χ2n) is 4.10. The minimum Gasteiger partial charge on any atom is -0.495 e. The summed E-state index contributed by atoms with van der Waals surface area (Å²) < 4.78 is 5.15. The molecule has 2 amide bonds. The molecule has 0 radical (unpaired) electrons. The van der Waals surface area contributed by atoms with Crippen molar-refractivity contribution < 1.29 is 14.3 Å². The highest BCUT2D eigenvalue weighted by atomic mass is 16.5. The Labute approximate surface area is 116 Å². The average molecular weight is 270 g/mol. The molecule has 2 aromatic carbocycles. The molecule has 0 spiro atoms. The van der Waals surface area contributed by atoms with Crippen LogP contribution in [0.15, 0.2) is 48.5 Å². The molecule has 0 unspecified atom stereocenters. The van der Waals surface area contributed by atoms with E-state index in [0.29, 0.717) is 22.6 Å². The summed E-state index contributed by atoms with van der Waals surface area (Å²) in [6.07, 6.45) is 0. The van der Waals surface area contributed by atoms with Gasteiger partial charge in [-0.3, -0.25) is 9.59 Å². The number of primary amides is 1. The minimum atomic E-state index is -0.567. The molecule has 0 aliphatic heterocycles. The van der Waals surface area contributed by atoms with Gasteiger partial charge in [-0.2, -0.15) is 0 Å². The predicted molar refractivity (Wildman–Crippen MR) is 75.9 cm³/mol. The molecule has 0 aliphatic rings. The van der Waals surface area contributed by atoms with E-state index in [0.717, 1.165) is 0 Å². The summed E-state index contributed by atoms with van der Waals surface area (Å²) in [4.78, 5) is 23.3. The summed E-state index contributed by atoms with van der Waals surface area (Å²) in [5.41, 5.74) is 6.44. The normalized spacial score (nSPS) is 9.85. The van der Waals surface area contributed by atoms with E-state index in [2.05, 4.69) is 5.32 Å². The lowest BCUT2D eigenvalue weighted by Gasteiger charge is -2.11. The van der Waals surface area contributed by atoms with E-state index in [-0.39, 0.29) is 5.91 Å². The van der Waals surface area contributed by atoms with Crippen LogP contribution in [0.2, 0.25) is 0 Å². The standard InChI is InChI=1S/C15H14N2O3/c1-20-13-8-7-11(14(16)18)9-12(13)17-15(19)10-5-3-2-4-6-10/h2-9H,1H3,(H2,16,18)(H,17,19). The van der Waals surface area contributed by atoms with Crippen LogP contribution in [0, 0.1) is 0 Å². The number of benzene rings is 2. The van der Waals surface area contributed by atoms with Gasteiger partial charge in [0.2, 0.25) is 5.91 Å². The second-order valence-corrected chi connectivity index (χ2v) is 4.10. The smallest absolute Gasteiger partial charge is 0.255 e. The average Bonchev–Trinajstić information content (AvgIpc) is 2.48. The van der Waals surface area contributed by atoms with Gasteiger partial charge in [-0.1, -0.05) is 18.2 Å². The number of hydrogen-bond donors (Lipinski definition) is 2. The Bertz CT molecular complexity index is 639. The number of amides is 2. The van der Waals surface area contributed by atoms with Crippen molar-refractivity contribution in [3.05, 3.63) is 59.7 Å². The first-order valence-electron chi connectivity index (χ1n) is 5.96. The zero-order valence-electron chi connectivity index (χ0n) is 10.9. The number of nitrogens with one attached hydrogen (secondary N) is 1. The Hall–Kier alpha value is -2.82. The number of carbonyl (C=O) groups excluding carboxylic acids is 2. The first-order chi connectivity index (χ1) is 9.61. The maximum absolute atomic E-state index is 12.1. The molecule has 0 aromatic heterocycles. The van der Waals surface area contributed by atoms with Gasteiger partial charge in [-0.15, -0.1) is 0 Å². The highest BCUT2D eigenvalue weighted by molar-refractivity contribution is 6.05. The summed E-state index contributed by atoms with van der Waals surface area (Å²) in [6, 6.07) is 13.4. The van der Waals surface area contributed by atoms with Crippen LogP contribution in [-0.4, -0.2) is 18.9 Å². The van der Waals surface area contributed by atoms with Crippen molar-refractivity contribution in [1.82, 2.24) is 0 Å². The van der Waals surface area contributed by atoms with Gasteiger partial charge in [0.15, 0.2) is 0 Å². The van der Waals surface area contributed by atoms with Crippen molar-refractivity contribution in [2.24, 2.45) is 5.73 Å². The lowest BCUT2D eigenvalue weighted by Crippen LogP contribution is -2.15. The minimum absolute atomic E-state index is 0.287. The zero-order valence-corrected chi connectivity index (χ0v) is 10.9. The van der Waals surface area contributed by atoms with Crippen LogP contribution < -0.4 is 15.8 Å². The van der Waals surface area contributed by atoms with Gasteiger partial charge < -0.3 is 15.8 Å². The molecule has 0 saturated heterocycles. The lowest BCUT2D eigenvalue weighted by atomic mass is 10.1. The lowest BCUT2D eigenvalue weighted by molar-refractivity contribution is 0.0996. The van der Waals surface area contributed by atoms with Crippen molar-refractivity contribution >= 4 is 17.5 Å². The molecule has 5 heteroatoms. The van der Waals surface area contributed by atoms with E-state index < -0.39 is 5.91 Å². The largest absolute Gasteiger partial charge is 0.495 e. The maximum atomic E-state index is 12.1. The predicted octanol–water partition coefficient (Wildman–Crippen LogP) is 2.05. The van der Waals surface area contributed by atoms with Crippen LogP contribution in [0.5, 0.6) is 5.75 Å². The fraction of sp³-hybridized carbons (Fsp3) is 0.0667. The fourth-order valence-electron chi connectivity index (χ4n) is 1.74. The third-order valence-electron chi connectivity index (χ3n) is 2.77. The number of rotatable bonds is 4. The number of ether oxygens (including phenoxy) is 1. The van der Waals surface area contributed by atoms with Crippen LogP contribution in [0.25, 0.3) is 0 Å². The summed E-state index contributed by atoms with van der Waals surface area (Å²) in [5, 5.41) is 2.70. The molecule has 3 N–H and O–H groups in total. The van der Waals surface area contributed by atoms with Gasteiger partial charge in [0.05, 0.1) is 12.8 Å². The SMILES string of the molecule is COc1ccc(C(N)=O)cc1NC(=O)c1ccccc1. The van der Waals surface area contributed by atoms with Gasteiger partial charge in [0.1, 0.15) is 5.75 Å². The van der Waals surface area contributed by atoms with Crippen molar-refractivity contribution in [2.45, 2.75) is 0 Å². The summed E-state index contributed by atoms with van der Waals surface area (Å²) in [6.45, 7) is 0. The fourth-order valence-corrected chi connectivity index (χ4v) is 1.74. The number of anilines is 1. The molecule has 102 valence electrons. The van der Waals surface area contributed by atoms with Crippen LogP contribution in [0.4, 0.5) is 5.69 Å². The molecule has 0 aliphatic carbocycles. The zero-order chi connectivity index (χ0) is 14.5. The van der Waals surface area contributed by atoms with Crippen molar-refractivity contribution in [3.8, 4) is 5.75 Å². The Balaban J connectivity index is 2.30. The van der Waals surface area contributed by atoms with E-state index in [1.165, 1.54) is 13.2 Å². The van der Waals surface area contributed by atoms with E-state index in [9.17, 15) is 9.59 Å². The molecular formula is C15H14N2O3. The third-order valence-corrected chi connectivity index (χ3v) is 2.77. The quantitative estimate of drug-likeness (QED) is 0.892. The molecule has 0 fully saturated rings. The summed E-state index contributed by atoms with van der Waals surface area (Å²) in [7, 11) is 1.48. The first-order valence-corrected chi connectivity index (χ1v) is 5.96. The van der Waals surface area contributed by atoms with Gasteiger partial charge in [0, 0.05) is 11.1 Å². The van der Waals surface area contributed by atoms with Gasteiger partial charge in [-0.05, 0) is 30.3 Å². The highest BCUT2D eigenvalue weighted by Gasteiger charge is 2.11. The Kier molecular flexibility index (Phi) is 4.00. The molecule has 0 heterocycles. The van der Waals surface area contributed by atoms with E-state index in [1.54, 1.807) is 36.4 Å². The number of carbonyl (C=O) groups is 2. The molecule has 5 nitrogen and oxygen atoms in total. The maximum Gasteiger partial charge on any atom is 0.255 e. The van der Waals surface area contributed by atoms with Crippen molar-refractivity contribution in [2.75, 3.05) is 12.4 Å². The molecule has 2 rings (SSSR count). The van der Waals surface area contributed by atoms with Gasteiger partial charge in [0.25, 0.3) is 5.91 Å². The topological polar surface area (TPSA) is 81.4 Å². The Morgan fingerprint density at radius 3 is 2.35 bits per heavy atom. The number of nitrogens with two attached hydrogens (primary N) is 1. The second kappa shape index (κ2) is 5.88. The molecular weight excluding hydrogens is 256 g/mol. The van der Waals surface area contributed by atoms with Gasteiger partial charge in [-0.25, -0.2) is 0 Å². The summed E-state index contributed by atoms with van der Waals surface area (Å²) in [5.74, 6) is -0.396. The monoisotopic (exact) mass is 270 g/mol. The summed E-state index contributed by atoms with van der Waals surface area (Å²) >= 11 is 0. The Morgan fingerprint density at radius 2 is 1.75 bits per heavy atom. The molecule has 0 saturated carbocycles. The van der Waals surface area contributed by atoms with Gasteiger partial charge >= 0.3 is 0 Å². The third kappa shape index (κ3) is 2.95. The number of methoxy groups -OCH3 is 1. The van der Waals surface area contributed by atoms with Crippen LogP contribution in [0.1, 0.15) is 20.7 Å². The highest BCUT2D eigenvalue weighted by Crippen LogP contribution is 2.25. The van der Waals surface area contributed by atoms with E-state index in [4.69, 9.17) is 10.5 Å².